The van der Waals surface area contributed by atoms with Crippen molar-refractivity contribution in [1.82, 2.24) is 0 Å². The maximum absolute atomic E-state index is 12.4. The summed E-state index contributed by atoms with van der Waals surface area (Å²) < 4.78 is 5.26. The standard InChI is InChI=1S/C23H27NO4/c1-16(2)14-21(26)24-19-12-10-17(11-13-19)20(25)15-28-22(27)23(3,4)18-8-6-5-7-9-18/h5-13,16H,14-15H2,1-4H3,(H,24,26). The maximum atomic E-state index is 12.4. The molecule has 0 spiro atoms. The van der Waals surface area contributed by atoms with Crippen LogP contribution in [0, 0.1) is 5.92 Å². The lowest BCUT2D eigenvalue weighted by Crippen LogP contribution is -2.32. The van der Waals surface area contributed by atoms with Crippen LogP contribution >= 0.6 is 0 Å². The summed E-state index contributed by atoms with van der Waals surface area (Å²) in [6.07, 6.45) is 0.438. The van der Waals surface area contributed by atoms with Gasteiger partial charge in [0.25, 0.3) is 0 Å². The number of hydrogen-bond donors (Lipinski definition) is 1. The smallest absolute Gasteiger partial charge is 0.316 e. The number of nitrogens with one attached hydrogen (secondary N) is 1. The molecule has 5 heteroatoms. The van der Waals surface area contributed by atoms with Gasteiger partial charge in [-0.3, -0.25) is 14.4 Å². The van der Waals surface area contributed by atoms with Crippen LogP contribution in [0.15, 0.2) is 54.6 Å². The summed E-state index contributed by atoms with van der Waals surface area (Å²) in [4.78, 5) is 36.6. The van der Waals surface area contributed by atoms with Crippen molar-refractivity contribution in [3.05, 3.63) is 65.7 Å². The first-order valence-corrected chi connectivity index (χ1v) is 9.36. The highest BCUT2D eigenvalue weighted by Gasteiger charge is 2.31. The molecule has 0 saturated carbocycles. The van der Waals surface area contributed by atoms with Gasteiger partial charge in [0.15, 0.2) is 12.4 Å². The zero-order valence-corrected chi connectivity index (χ0v) is 16.8. The Morgan fingerprint density at radius 2 is 1.57 bits per heavy atom. The number of ether oxygens (including phenoxy) is 1. The molecule has 0 radical (unpaired) electrons. The highest BCUT2D eigenvalue weighted by molar-refractivity contribution is 5.99. The van der Waals surface area contributed by atoms with Gasteiger partial charge in [-0.05, 0) is 49.6 Å². The van der Waals surface area contributed by atoms with Crippen LogP contribution in [0.4, 0.5) is 5.69 Å². The lowest BCUT2D eigenvalue weighted by Gasteiger charge is -2.22. The van der Waals surface area contributed by atoms with Crippen molar-refractivity contribution in [3.8, 4) is 0 Å². The molecule has 0 saturated heterocycles. The van der Waals surface area contributed by atoms with E-state index >= 15 is 0 Å². The minimum atomic E-state index is -0.841. The average molecular weight is 381 g/mol. The Morgan fingerprint density at radius 1 is 0.964 bits per heavy atom. The Kier molecular flexibility index (Phi) is 7.10. The molecule has 148 valence electrons. The van der Waals surface area contributed by atoms with E-state index in [0.29, 0.717) is 17.7 Å². The summed E-state index contributed by atoms with van der Waals surface area (Å²) in [5.74, 6) is -0.538. The van der Waals surface area contributed by atoms with Crippen LogP contribution in [-0.2, 0) is 19.7 Å². The summed E-state index contributed by atoms with van der Waals surface area (Å²) in [5, 5.41) is 2.79. The summed E-state index contributed by atoms with van der Waals surface area (Å²) in [7, 11) is 0. The van der Waals surface area contributed by atoms with Crippen molar-refractivity contribution in [2.75, 3.05) is 11.9 Å². The second-order valence-corrected chi connectivity index (χ2v) is 7.71. The van der Waals surface area contributed by atoms with Crippen molar-refractivity contribution < 1.29 is 19.1 Å². The van der Waals surface area contributed by atoms with Crippen molar-refractivity contribution in [1.29, 1.82) is 0 Å². The molecular formula is C23H27NO4. The third-order valence-corrected chi connectivity index (χ3v) is 4.42. The Hall–Kier alpha value is -2.95. The van der Waals surface area contributed by atoms with Crippen LogP contribution in [0.25, 0.3) is 0 Å². The Bertz CT molecular complexity index is 823. The lowest BCUT2D eigenvalue weighted by molar-refractivity contribution is -0.148. The predicted molar refractivity (Wildman–Crippen MR) is 109 cm³/mol. The molecule has 28 heavy (non-hydrogen) atoms. The van der Waals surface area contributed by atoms with Gasteiger partial charge in [0.2, 0.25) is 5.91 Å². The molecule has 0 aliphatic carbocycles. The number of hydrogen-bond acceptors (Lipinski definition) is 4. The van der Waals surface area contributed by atoms with Crippen molar-refractivity contribution in [2.24, 2.45) is 5.92 Å². The van der Waals surface area contributed by atoms with E-state index in [1.165, 1.54) is 0 Å². The van der Waals surface area contributed by atoms with Crippen molar-refractivity contribution in [3.63, 3.8) is 0 Å². The van der Waals surface area contributed by atoms with Crippen LogP contribution in [0.5, 0.6) is 0 Å². The molecule has 2 aromatic rings. The number of ketones is 1. The van der Waals surface area contributed by atoms with E-state index in [0.717, 1.165) is 5.56 Å². The Labute approximate surface area is 166 Å². The van der Waals surface area contributed by atoms with Gasteiger partial charge >= 0.3 is 5.97 Å². The van der Waals surface area contributed by atoms with Crippen LogP contribution in [0.2, 0.25) is 0 Å². The third-order valence-electron chi connectivity index (χ3n) is 4.42. The first-order valence-electron chi connectivity index (χ1n) is 9.36. The van der Waals surface area contributed by atoms with Gasteiger partial charge < -0.3 is 10.1 Å². The van der Waals surface area contributed by atoms with E-state index in [-0.39, 0.29) is 24.2 Å². The van der Waals surface area contributed by atoms with Gasteiger partial charge in [0.1, 0.15) is 0 Å². The number of benzene rings is 2. The van der Waals surface area contributed by atoms with Crippen LogP contribution < -0.4 is 5.32 Å². The van der Waals surface area contributed by atoms with Crippen LogP contribution in [0.1, 0.15) is 50.0 Å². The molecule has 5 nitrogen and oxygen atoms in total. The Morgan fingerprint density at radius 3 is 2.14 bits per heavy atom. The van der Waals surface area contributed by atoms with Gasteiger partial charge in [-0.1, -0.05) is 44.2 Å². The minimum Gasteiger partial charge on any atom is -0.457 e. The number of amides is 1. The molecule has 1 amide bonds. The number of carbonyl (C=O) groups is 3. The quantitative estimate of drug-likeness (QED) is 0.544. The predicted octanol–water partition coefficient (Wildman–Crippen LogP) is 4.37. The van der Waals surface area contributed by atoms with Gasteiger partial charge in [-0.25, -0.2) is 0 Å². The highest BCUT2D eigenvalue weighted by atomic mass is 16.5. The molecule has 0 atom stereocenters. The molecule has 0 aromatic heterocycles. The third kappa shape index (κ3) is 5.78. The zero-order chi connectivity index (χ0) is 20.7. The second kappa shape index (κ2) is 9.31. The van der Waals surface area contributed by atoms with E-state index in [4.69, 9.17) is 4.74 Å². The molecular weight excluding hydrogens is 354 g/mol. The zero-order valence-electron chi connectivity index (χ0n) is 16.8. The van der Waals surface area contributed by atoms with Crippen LogP contribution in [0.3, 0.4) is 0 Å². The number of esters is 1. The monoisotopic (exact) mass is 381 g/mol. The summed E-state index contributed by atoms with van der Waals surface area (Å²) in [6, 6.07) is 15.9. The fourth-order valence-corrected chi connectivity index (χ4v) is 2.69. The van der Waals surface area contributed by atoms with Crippen molar-refractivity contribution in [2.45, 2.75) is 39.5 Å². The van der Waals surface area contributed by atoms with Crippen molar-refractivity contribution >= 4 is 23.3 Å². The van der Waals surface area contributed by atoms with E-state index in [9.17, 15) is 14.4 Å². The van der Waals surface area contributed by atoms with E-state index in [1.54, 1.807) is 38.1 Å². The summed E-state index contributed by atoms with van der Waals surface area (Å²) in [6.45, 7) is 7.16. The van der Waals surface area contributed by atoms with E-state index in [2.05, 4.69) is 5.32 Å². The van der Waals surface area contributed by atoms with Gasteiger partial charge in [-0.15, -0.1) is 0 Å². The average Bonchev–Trinajstić information content (AvgIpc) is 2.66. The van der Waals surface area contributed by atoms with Gasteiger partial charge in [-0.2, -0.15) is 0 Å². The lowest BCUT2D eigenvalue weighted by atomic mass is 9.85. The van der Waals surface area contributed by atoms with Crippen LogP contribution in [-0.4, -0.2) is 24.3 Å². The number of anilines is 1. The maximum Gasteiger partial charge on any atom is 0.316 e. The fraction of sp³-hybridized carbons (Fsp3) is 0.348. The first kappa shape index (κ1) is 21.4. The summed E-state index contributed by atoms with van der Waals surface area (Å²) in [5.41, 5.74) is 1.04. The molecule has 2 rings (SSSR count). The molecule has 1 N–H and O–H groups in total. The Balaban J connectivity index is 1.92. The molecule has 0 bridgehead atoms. The molecule has 2 aromatic carbocycles. The largest absolute Gasteiger partial charge is 0.457 e. The molecule has 0 aliphatic rings. The molecule has 0 heterocycles. The normalized spacial score (nSPS) is 11.2. The van der Waals surface area contributed by atoms with Gasteiger partial charge in [0.05, 0.1) is 5.41 Å². The first-order chi connectivity index (χ1) is 13.2. The SMILES string of the molecule is CC(C)CC(=O)Nc1ccc(C(=O)COC(=O)C(C)(C)c2ccccc2)cc1. The minimum absolute atomic E-state index is 0.0638. The molecule has 0 aliphatic heterocycles. The summed E-state index contributed by atoms with van der Waals surface area (Å²) >= 11 is 0. The fourth-order valence-electron chi connectivity index (χ4n) is 2.69. The van der Waals surface area contributed by atoms with E-state index in [1.807, 2.05) is 44.2 Å². The number of rotatable bonds is 8. The molecule has 0 unspecified atom stereocenters. The van der Waals surface area contributed by atoms with Gasteiger partial charge in [0, 0.05) is 17.7 Å². The number of carbonyl (C=O) groups excluding carboxylic acids is 3. The second-order valence-electron chi connectivity index (χ2n) is 7.71. The molecule has 0 fully saturated rings. The van der Waals surface area contributed by atoms with E-state index < -0.39 is 11.4 Å². The topological polar surface area (TPSA) is 72.5 Å². The number of Topliss-reactive ketones (excluding diaryl/α,β-unsaturated/α-hetero) is 1. The highest BCUT2D eigenvalue weighted by Crippen LogP contribution is 2.24.